The maximum atomic E-state index is 11.9. The standard InChI is InChI=1S/C11H11NOS/c1-7-6-9-10(14-7)3-2-8(4-5-12)11(9)13/h6,8H,2-4H2,1H3. The number of nitrogens with zero attached hydrogens (tertiary/aromatic N) is 1. The van der Waals surface area contributed by atoms with E-state index in [0.717, 1.165) is 18.4 Å². The van der Waals surface area contributed by atoms with Crippen LogP contribution in [0.15, 0.2) is 6.07 Å². The molecule has 1 aliphatic carbocycles. The van der Waals surface area contributed by atoms with Gasteiger partial charge in [-0.2, -0.15) is 5.26 Å². The Bertz CT molecular complexity index is 413. The van der Waals surface area contributed by atoms with E-state index < -0.39 is 0 Å². The van der Waals surface area contributed by atoms with E-state index in [1.807, 2.05) is 13.0 Å². The summed E-state index contributed by atoms with van der Waals surface area (Å²) in [6, 6.07) is 4.05. The summed E-state index contributed by atoms with van der Waals surface area (Å²) in [4.78, 5) is 14.3. The van der Waals surface area contributed by atoms with Gasteiger partial charge in [-0.05, 0) is 25.8 Å². The van der Waals surface area contributed by atoms with Crippen molar-refractivity contribution in [2.75, 3.05) is 0 Å². The number of aryl methyl sites for hydroxylation is 2. The number of carbonyl (C=O) groups is 1. The van der Waals surface area contributed by atoms with E-state index in [0.29, 0.717) is 6.42 Å². The zero-order valence-electron chi connectivity index (χ0n) is 8.04. The molecular formula is C11H11NOS. The number of Topliss-reactive ketones (excluding diaryl/α,β-unsaturated/α-hetero) is 1. The molecular weight excluding hydrogens is 194 g/mol. The number of fused-ring (bicyclic) bond motifs is 1. The van der Waals surface area contributed by atoms with Crippen LogP contribution in [0.3, 0.4) is 0 Å². The van der Waals surface area contributed by atoms with Crippen molar-refractivity contribution in [3.8, 4) is 6.07 Å². The van der Waals surface area contributed by atoms with Gasteiger partial charge in [0.2, 0.25) is 0 Å². The molecule has 0 aromatic carbocycles. The van der Waals surface area contributed by atoms with Crippen LogP contribution in [0.5, 0.6) is 0 Å². The zero-order chi connectivity index (χ0) is 10.1. The molecule has 2 rings (SSSR count). The molecule has 0 saturated carbocycles. The summed E-state index contributed by atoms with van der Waals surface area (Å²) in [6.07, 6.45) is 2.18. The molecule has 14 heavy (non-hydrogen) atoms. The summed E-state index contributed by atoms with van der Waals surface area (Å²) in [5.74, 6) is 0.124. The minimum absolute atomic E-state index is 0.0542. The van der Waals surface area contributed by atoms with Crippen LogP contribution in [-0.4, -0.2) is 5.78 Å². The maximum absolute atomic E-state index is 11.9. The highest BCUT2D eigenvalue weighted by molar-refractivity contribution is 7.12. The van der Waals surface area contributed by atoms with Crippen molar-refractivity contribution in [3.63, 3.8) is 0 Å². The summed E-state index contributed by atoms with van der Waals surface area (Å²) in [5, 5.41) is 8.59. The number of carbonyl (C=O) groups excluding carboxylic acids is 1. The Kier molecular flexibility index (Phi) is 2.39. The molecule has 1 atom stereocenters. The lowest BCUT2D eigenvalue weighted by atomic mass is 9.85. The number of thiophene rings is 1. The predicted molar refractivity (Wildman–Crippen MR) is 55.4 cm³/mol. The first-order valence-corrected chi connectivity index (χ1v) is 5.54. The van der Waals surface area contributed by atoms with Crippen molar-refractivity contribution < 1.29 is 4.79 Å². The molecule has 0 radical (unpaired) electrons. The van der Waals surface area contributed by atoms with Crippen LogP contribution in [0.1, 0.15) is 33.0 Å². The third kappa shape index (κ3) is 1.46. The normalized spacial score (nSPS) is 20.3. The molecule has 72 valence electrons. The maximum Gasteiger partial charge on any atom is 0.168 e. The Morgan fingerprint density at radius 1 is 1.71 bits per heavy atom. The minimum atomic E-state index is -0.0542. The van der Waals surface area contributed by atoms with Crippen LogP contribution >= 0.6 is 11.3 Å². The predicted octanol–water partition coefficient (Wildman–Crippen LogP) is 2.72. The Balaban J connectivity index is 2.32. The number of nitriles is 1. The number of hydrogen-bond acceptors (Lipinski definition) is 3. The van der Waals surface area contributed by atoms with Crippen LogP contribution in [0.4, 0.5) is 0 Å². The second-order valence-corrected chi connectivity index (χ2v) is 5.00. The first kappa shape index (κ1) is 9.42. The first-order chi connectivity index (χ1) is 6.72. The highest BCUT2D eigenvalue weighted by Gasteiger charge is 2.28. The monoisotopic (exact) mass is 205 g/mol. The molecule has 1 aromatic heterocycles. The fraction of sp³-hybridized carbons (Fsp3) is 0.455. The van der Waals surface area contributed by atoms with Crippen molar-refractivity contribution in [1.82, 2.24) is 0 Å². The second kappa shape index (κ2) is 3.55. The van der Waals surface area contributed by atoms with E-state index in [4.69, 9.17) is 5.26 Å². The van der Waals surface area contributed by atoms with Gasteiger partial charge in [-0.25, -0.2) is 0 Å². The molecule has 0 aliphatic heterocycles. The minimum Gasteiger partial charge on any atom is -0.294 e. The molecule has 1 aliphatic rings. The fourth-order valence-corrected chi connectivity index (χ4v) is 2.97. The molecule has 0 amide bonds. The van der Waals surface area contributed by atoms with Gasteiger partial charge in [0.15, 0.2) is 5.78 Å². The van der Waals surface area contributed by atoms with Crippen LogP contribution in [0.25, 0.3) is 0 Å². The molecule has 3 heteroatoms. The Morgan fingerprint density at radius 2 is 2.50 bits per heavy atom. The average Bonchev–Trinajstić information content (AvgIpc) is 2.52. The zero-order valence-corrected chi connectivity index (χ0v) is 8.86. The largest absolute Gasteiger partial charge is 0.294 e. The molecule has 0 saturated heterocycles. The van der Waals surface area contributed by atoms with E-state index in [2.05, 4.69) is 6.07 Å². The Hall–Kier alpha value is -1.14. The van der Waals surface area contributed by atoms with E-state index in [1.165, 1.54) is 9.75 Å². The Labute approximate surface area is 87.2 Å². The third-order valence-corrected chi connectivity index (χ3v) is 3.74. The molecule has 2 nitrogen and oxygen atoms in total. The molecule has 0 N–H and O–H groups in total. The molecule has 0 fully saturated rings. The summed E-state index contributed by atoms with van der Waals surface area (Å²) < 4.78 is 0. The molecule has 1 aromatic rings. The van der Waals surface area contributed by atoms with Gasteiger partial charge in [-0.15, -0.1) is 11.3 Å². The van der Waals surface area contributed by atoms with E-state index in [9.17, 15) is 4.79 Å². The fourth-order valence-electron chi connectivity index (χ4n) is 1.92. The lowest BCUT2D eigenvalue weighted by Crippen LogP contribution is -2.20. The van der Waals surface area contributed by atoms with Crippen LogP contribution in [0, 0.1) is 24.2 Å². The van der Waals surface area contributed by atoms with Crippen LogP contribution < -0.4 is 0 Å². The summed E-state index contributed by atoms with van der Waals surface area (Å²) in [6.45, 7) is 2.02. The first-order valence-electron chi connectivity index (χ1n) is 4.73. The smallest absolute Gasteiger partial charge is 0.168 e. The van der Waals surface area contributed by atoms with Crippen molar-refractivity contribution in [2.45, 2.75) is 26.2 Å². The van der Waals surface area contributed by atoms with Crippen LogP contribution in [-0.2, 0) is 6.42 Å². The van der Waals surface area contributed by atoms with E-state index in [1.54, 1.807) is 11.3 Å². The van der Waals surface area contributed by atoms with Crippen molar-refractivity contribution >= 4 is 17.1 Å². The van der Waals surface area contributed by atoms with Gasteiger partial charge in [-0.3, -0.25) is 4.79 Å². The quantitative estimate of drug-likeness (QED) is 0.707. The third-order valence-electron chi connectivity index (χ3n) is 2.63. The Morgan fingerprint density at radius 3 is 3.21 bits per heavy atom. The molecule has 1 unspecified atom stereocenters. The highest BCUT2D eigenvalue weighted by Crippen LogP contribution is 2.32. The van der Waals surface area contributed by atoms with Crippen molar-refractivity contribution in [3.05, 3.63) is 21.4 Å². The molecule has 1 heterocycles. The van der Waals surface area contributed by atoms with Crippen molar-refractivity contribution in [2.24, 2.45) is 5.92 Å². The summed E-state index contributed by atoms with van der Waals surface area (Å²) in [7, 11) is 0. The van der Waals surface area contributed by atoms with Gasteiger partial charge < -0.3 is 0 Å². The molecule has 0 spiro atoms. The topological polar surface area (TPSA) is 40.9 Å². The summed E-state index contributed by atoms with van der Waals surface area (Å²) >= 11 is 1.71. The van der Waals surface area contributed by atoms with E-state index >= 15 is 0 Å². The second-order valence-electron chi connectivity index (χ2n) is 3.66. The lowest BCUT2D eigenvalue weighted by Gasteiger charge is -2.17. The van der Waals surface area contributed by atoms with Gasteiger partial charge in [0.05, 0.1) is 6.07 Å². The van der Waals surface area contributed by atoms with E-state index in [-0.39, 0.29) is 11.7 Å². The highest BCUT2D eigenvalue weighted by atomic mass is 32.1. The van der Waals surface area contributed by atoms with Gasteiger partial charge in [0.25, 0.3) is 0 Å². The van der Waals surface area contributed by atoms with Gasteiger partial charge >= 0.3 is 0 Å². The van der Waals surface area contributed by atoms with Gasteiger partial charge in [-0.1, -0.05) is 0 Å². The van der Waals surface area contributed by atoms with Gasteiger partial charge in [0.1, 0.15) is 0 Å². The number of rotatable bonds is 1. The number of hydrogen-bond donors (Lipinski definition) is 0. The SMILES string of the molecule is Cc1cc2c(s1)CCC(CC#N)C2=O. The average molecular weight is 205 g/mol. The van der Waals surface area contributed by atoms with Crippen LogP contribution in [0.2, 0.25) is 0 Å². The lowest BCUT2D eigenvalue weighted by molar-refractivity contribution is 0.0905. The number of ketones is 1. The van der Waals surface area contributed by atoms with Gasteiger partial charge in [0, 0.05) is 27.7 Å². The molecule has 0 bridgehead atoms. The van der Waals surface area contributed by atoms with Crippen molar-refractivity contribution in [1.29, 1.82) is 5.26 Å². The summed E-state index contributed by atoms with van der Waals surface area (Å²) in [5.41, 5.74) is 0.874.